The molecule has 1 aromatic heterocycles. The maximum Gasteiger partial charge on any atom is 0.258 e. The molecule has 3 rings (SSSR count). The number of para-hydroxylation sites is 1. The normalized spacial score (nSPS) is 15.4. The summed E-state index contributed by atoms with van der Waals surface area (Å²) in [6.07, 6.45) is 1.44. The molecule has 1 amide bonds. The van der Waals surface area contributed by atoms with Crippen LogP contribution in [0.25, 0.3) is 0 Å². The van der Waals surface area contributed by atoms with Gasteiger partial charge in [-0.15, -0.1) is 0 Å². The molecule has 0 bridgehead atoms. The van der Waals surface area contributed by atoms with E-state index in [9.17, 15) is 4.79 Å². The van der Waals surface area contributed by atoms with E-state index < -0.39 is 0 Å². The summed E-state index contributed by atoms with van der Waals surface area (Å²) in [6.45, 7) is 3.03. The molecule has 1 aromatic carbocycles. The van der Waals surface area contributed by atoms with E-state index in [1.54, 1.807) is 6.07 Å². The molecule has 20 heavy (non-hydrogen) atoms. The lowest BCUT2D eigenvalue weighted by Gasteiger charge is -2.36. The highest BCUT2D eigenvalue weighted by Crippen LogP contribution is 2.21. The van der Waals surface area contributed by atoms with Gasteiger partial charge in [-0.2, -0.15) is 0 Å². The molecule has 2 aromatic rings. The van der Waals surface area contributed by atoms with Gasteiger partial charge in [-0.25, -0.2) is 0 Å². The number of piperazine rings is 1. The highest BCUT2D eigenvalue weighted by molar-refractivity contribution is 6.32. The van der Waals surface area contributed by atoms with Gasteiger partial charge in [-0.05, 0) is 29.8 Å². The molecule has 1 aliphatic heterocycles. The fourth-order valence-corrected chi connectivity index (χ4v) is 2.62. The summed E-state index contributed by atoms with van der Waals surface area (Å²) in [5.74, 6) is -0.0588. The summed E-state index contributed by atoms with van der Waals surface area (Å²) in [6, 6.07) is 11.9. The third-order valence-electron chi connectivity index (χ3n) is 3.54. The zero-order valence-electron chi connectivity index (χ0n) is 11.0. The van der Waals surface area contributed by atoms with Crippen LogP contribution in [0, 0.1) is 0 Å². The zero-order valence-corrected chi connectivity index (χ0v) is 11.7. The lowest BCUT2D eigenvalue weighted by molar-refractivity contribution is 0.0746. The van der Waals surface area contributed by atoms with Gasteiger partial charge in [-0.1, -0.05) is 18.2 Å². The summed E-state index contributed by atoms with van der Waals surface area (Å²) in [4.78, 5) is 16.4. The molecular formula is C15H15ClN2O2. The molecular weight excluding hydrogens is 276 g/mol. The standard InChI is InChI=1S/C15H15ClN2O2/c16-14-13(6-11-20-14)15(19)18-9-7-17(8-10-18)12-4-2-1-3-5-12/h1-6,11H,7-10H2. The molecule has 0 saturated carbocycles. The van der Waals surface area contributed by atoms with Crippen LogP contribution >= 0.6 is 11.6 Å². The third kappa shape index (κ3) is 2.51. The van der Waals surface area contributed by atoms with Gasteiger partial charge < -0.3 is 14.2 Å². The number of furan rings is 1. The van der Waals surface area contributed by atoms with Gasteiger partial charge in [0, 0.05) is 31.9 Å². The number of carbonyl (C=O) groups excluding carboxylic acids is 1. The Morgan fingerprint density at radius 3 is 2.35 bits per heavy atom. The molecule has 5 heteroatoms. The maximum atomic E-state index is 12.3. The minimum atomic E-state index is -0.0588. The van der Waals surface area contributed by atoms with Crippen LogP contribution in [-0.4, -0.2) is 37.0 Å². The molecule has 4 nitrogen and oxygen atoms in total. The SMILES string of the molecule is O=C(c1ccoc1Cl)N1CCN(c2ccccc2)CC1. The highest BCUT2D eigenvalue weighted by atomic mass is 35.5. The number of hydrogen-bond donors (Lipinski definition) is 0. The number of benzene rings is 1. The Morgan fingerprint density at radius 1 is 1.05 bits per heavy atom. The first-order valence-electron chi connectivity index (χ1n) is 6.58. The maximum absolute atomic E-state index is 12.3. The van der Waals surface area contributed by atoms with E-state index >= 15 is 0 Å². The van der Waals surface area contributed by atoms with Gasteiger partial charge in [0.25, 0.3) is 5.91 Å². The summed E-state index contributed by atoms with van der Waals surface area (Å²) in [7, 11) is 0. The molecule has 0 aliphatic carbocycles. The Morgan fingerprint density at radius 2 is 1.75 bits per heavy atom. The van der Waals surface area contributed by atoms with Gasteiger partial charge in [0.15, 0.2) is 0 Å². The van der Waals surface area contributed by atoms with Gasteiger partial charge >= 0.3 is 0 Å². The summed E-state index contributed by atoms with van der Waals surface area (Å²) in [5, 5.41) is 0.167. The van der Waals surface area contributed by atoms with Crippen molar-refractivity contribution >= 4 is 23.2 Å². The van der Waals surface area contributed by atoms with Gasteiger partial charge in [0.2, 0.25) is 5.22 Å². The molecule has 104 valence electrons. The van der Waals surface area contributed by atoms with Gasteiger partial charge in [-0.3, -0.25) is 4.79 Å². The largest absolute Gasteiger partial charge is 0.452 e. The second-order valence-electron chi connectivity index (χ2n) is 4.72. The number of hydrogen-bond acceptors (Lipinski definition) is 3. The minimum Gasteiger partial charge on any atom is -0.452 e. The van der Waals surface area contributed by atoms with Crippen LogP contribution in [0.2, 0.25) is 5.22 Å². The molecule has 0 spiro atoms. The lowest BCUT2D eigenvalue weighted by atomic mass is 10.2. The van der Waals surface area contributed by atoms with Crippen molar-refractivity contribution in [3.05, 3.63) is 53.4 Å². The molecule has 0 atom stereocenters. The second-order valence-corrected chi connectivity index (χ2v) is 5.07. The predicted molar refractivity (Wildman–Crippen MR) is 78.3 cm³/mol. The van der Waals surface area contributed by atoms with E-state index in [-0.39, 0.29) is 11.1 Å². The van der Waals surface area contributed by atoms with E-state index in [4.69, 9.17) is 16.0 Å². The van der Waals surface area contributed by atoms with Crippen LogP contribution in [0.1, 0.15) is 10.4 Å². The molecule has 1 aliphatic rings. The average Bonchev–Trinajstić information content (AvgIpc) is 2.94. The lowest BCUT2D eigenvalue weighted by Crippen LogP contribution is -2.48. The first-order valence-corrected chi connectivity index (χ1v) is 6.96. The zero-order chi connectivity index (χ0) is 13.9. The summed E-state index contributed by atoms with van der Waals surface area (Å²) < 4.78 is 4.97. The molecule has 0 radical (unpaired) electrons. The fraction of sp³-hybridized carbons (Fsp3) is 0.267. The minimum absolute atomic E-state index is 0.0588. The Bertz CT molecular complexity index is 589. The second kappa shape index (κ2) is 5.59. The number of nitrogens with zero attached hydrogens (tertiary/aromatic N) is 2. The van der Waals surface area contributed by atoms with Gasteiger partial charge in [0.05, 0.1) is 11.8 Å². The Hall–Kier alpha value is -1.94. The first kappa shape index (κ1) is 13.1. The third-order valence-corrected chi connectivity index (χ3v) is 3.83. The quantitative estimate of drug-likeness (QED) is 0.853. The van der Waals surface area contributed by atoms with Crippen LogP contribution in [0.5, 0.6) is 0 Å². The van der Waals surface area contributed by atoms with Gasteiger partial charge in [0.1, 0.15) is 0 Å². The molecule has 0 N–H and O–H groups in total. The number of amides is 1. The smallest absolute Gasteiger partial charge is 0.258 e. The first-order chi connectivity index (χ1) is 9.75. The Kier molecular flexibility index (Phi) is 3.65. The van der Waals surface area contributed by atoms with Crippen molar-refractivity contribution in [1.29, 1.82) is 0 Å². The van der Waals surface area contributed by atoms with Crippen LogP contribution in [0.3, 0.4) is 0 Å². The van der Waals surface area contributed by atoms with Crippen LogP contribution in [0.15, 0.2) is 47.1 Å². The Balaban J connectivity index is 1.64. The summed E-state index contributed by atoms with van der Waals surface area (Å²) in [5.41, 5.74) is 1.64. The highest BCUT2D eigenvalue weighted by Gasteiger charge is 2.24. The fourth-order valence-electron chi connectivity index (χ4n) is 2.42. The molecule has 1 fully saturated rings. The van der Waals surface area contributed by atoms with Crippen molar-refractivity contribution in [2.75, 3.05) is 31.1 Å². The van der Waals surface area contributed by atoms with E-state index in [2.05, 4.69) is 17.0 Å². The summed E-state index contributed by atoms with van der Waals surface area (Å²) >= 11 is 5.85. The van der Waals surface area contributed by atoms with Crippen LogP contribution < -0.4 is 4.90 Å². The van der Waals surface area contributed by atoms with Crippen LogP contribution in [0.4, 0.5) is 5.69 Å². The molecule has 2 heterocycles. The van der Waals surface area contributed by atoms with Crippen molar-refractivity contribution < 1.29 is 9.21 Å². The van der Waals surface area contributed by atoms with E-state index in [0.717, 1.165) is 13.1 Å². The topological polar surface area (TPSA) is 36.7 Å². The predicted octanol–water partition coefficient (Wildman–Crippen LogP) is 2.90. The van der Waals surface area contributed by atoms with Crippen molar-refractivity contribution in [3.63, 3.8) is 0 Å². The van der Waals surface area contributed by atoms with E-state index in [1.165, 1.54) is 12.0 Å². The van der Waals surface area contributed by atoms with Crippen molar-refractivity contribution in [2.24, 2.45) is 0 Å². The average molecular weight is 291 g/mol. The van der Waals surface area contributed by atoms with E-state index in [0.29, 0.717) is 18.7 Å². The number of rotatable bonds is 2. The number of carbonyl (C=O) groups is 1. The number of anilines is 1. The molecule has 1 saturated heterocycles. The monoisotopic (exact) mass is 290 g/mol. The number of halogens is 1. The molecule has 0 unspecified atom stereocenters. The van der Waals surface area contributed by atoms with E-state index in [1.807, 2.05) is 23.1 Å². The van der Waals surface area contributed by atoms with Crippen molar-refractivity contribution in [3.8, 4) is 0 Å². The van der Waals surface area contributed by atoms with Crippen molar-refractivity contribution in [2.45, 2.75) is 0 Å². The van der Waals surface area contributed by atoms with Crippen molar-refractivity contribution in [1.82, 2.24) is 4.90 Å². The Labute approximate surface area is 122 Å². The van der Waals surface area contributed by atoms with Crippen LogP contribution in [-0.2, 0) is 0 Å².